The van der Waals surface area contributed by atoms with Crippen molar-refractivity contribution < 1.29 is 4.79 Å². The highest BCUT2D eigenvalue weighted by atomic mass is 79.9. The summed E-state index contributed by atoms with van der Waals surface area (Å²) >= 11 is 3.44. The first-order valence-electron chi connectivity index (χ1n) is 6.59. The third kappa shape index (κ3) is 3.13. The number of amides is 1. The third-order valence-corrected chi connectivity index (χ3v) is 3.89. The summed E-state index contributed by atoms with van der Waals surface area (Å²) in [4.78, 5) is 14.5. The molecule has 1 aromatic rings. The van der Waals surface area contributed by atoms with Crippen molar-refractivity contribution in [3.05, 3.63) is 18.0 Å². The van der Waals surface area contributed by atoms with Crippen LogP contribution >= 0.6 is 15.9 Å². The molecule has 2 rings (SSSR count). The second-order valence-electron chi connectivity index (χ2n) is 4.85. The first-order chi connectivity index (χ1) is 8.72. The summed E-state index contributed by atoms with van der Waals surface area (Å²) in [7, 11) is 1.84. The van der Waals surface area contributed by atoms with Crippen molar-refractivity contribution in [2.75, 3.05) is 11.9 Å². The van der Waals surface area contributed by atoms with Crippen LogP contribution in [0.1, 0.15) is 42.6 Å². The number of rotatable bonds is 4. The predicted molar refractivity (Wildman–Crippen MR) is 74.9 cm³/mol. The van der Waals surface area contributed by atoms with Crippen LogP contribution in [0.5, 0.6) is 0 Å². The molecule has 0 bridgehead atoms. The van der Waals surface area contributed by atoms with Gasteiger partial charge >= 0.3 is 0 Å². The van der Waals surface area contributed by atoms with Crippen LogP contribution in [-0.4, -0.2) is 38.5 Å². The summed E-state index contributed by atoms with van der Waals surface area (Å²) in [6.07, 6.45) is 7.85. The van der Waals surface area contributed by atoms with E-state index >= 15 is 0 Å². The maximum absolute atomic E-state index is 12.5. The molecule has 0 aliphatic heterocycles. The number of hydrogen-bond donors (Lipinski definition) is 0. The number of halogens is 1. The molecule has 0 unspecified atom stereocenters. The van der Waals surface area contributed by atoms with E-state index in [2.05, 4.69) is 21.0 Å². The van der Waals surface area contributed by atoms with E-state index in [1.165, 1.54) is 19.3 Å². The second-order valence-corrected chi connectivity index (χ2v) is 5.65. The Bertz CT molecular complexity index is 399. The third-order valence-electron chi connectivity index (χ3n) is 3.53. The fraction of sp³-hybridized carbons (Fsp3) is 0.692. The lowest BCUT2D eigenvalue weighted by Gasteiger charge is -2.33. The van der Waals surface area contributed by atoms with E-state index in [4.69, 9.17) is 0 Å². The average Bonchev–Trinajstić information content (AvgIpc) is 2.83. The van der Waals surface area contributed by atoms with Crippen molar-refractivity contribution in [1.82, 2.24) is 14.7 Å². The summed E-state index contributed by atoms with van der Waals surface area (Å²) in [6.45, 7) is 0.764. The van der Waals surface area contributed by atoms with E-state index in [0.717, 1.165) is 24.7 Å². The van der Waals surface area contributed by atoms with Crippen molar-refractivity contribution >= 4 is 21.8 Å². The first kappa shape index (κ1) is 13.6. The minimum atomic E-state index is 0.0713. The predicted octanol–water partition coefficient (Wildman–Crippen LogP) is 2.59. The number of nitrogens with zero attached hydrogens (tertiary/aromatic N) is 3. The fourth-order valence-electron chi connectivity index (χ4n) is 2.61. The molecule has 1 amide bonds. The molecular weight excluding hydrogens is 294 g/mol. The maximum atomic E-state index is 12.5. The zero-order chi connectivity index (χ0) is 13.0. The Morgan fingerprint density at radius 2 is 2.22 bits per heavy atom. The molecule has 1 heterocycles. The Balaban J connectivity index is 2.10. The van der Waals surface area contributed by atoms with Crippen LogP contribution < -0.4 is 0 Å². The molecule has 0 saturated heterocycles. The lowest BCUT2D eigenvalue weighted by molar-refractivity contribution is 0.0644. The standard InChI is InChI=1S/C13H20BrN3O/c1-16-9-7-12(15-16)13(18)17(10-8-14)11-5-3-2-4-6-11/h7,9,11H,2-6,8,10H2,1H3. The summed E-state index contributed by atoms with van der Waals surface area (Å²) in [5.41, 5.74) is 0.559. The van der Waals surface area contributed by atoms with Crippen molar-refractivity contribution in [2.45, 2.75) is 38.1 Å². The number of aryl methyl sites for hydroxylation is 1. The normalized spacial score (nSPS) is 16.8. The van der Waals surface area contributed by atoms with Crippen LogP contribution in [0, 0.1) is 0 Å². The smallest absolute Gasteiger partial charge is 0.274 e. The molecule has 0 atom stereocenters. The summed E-state index contributed by atoms with van der Waals surface area (Å²) in [5.74, 6) is 0.0713. The number of alkyl halides is 1. The molecule has 0 aromatic carbocycles. The molecule has 0 N–H and O–H groups in total. The second kappa shape index (κ2) is 6.36. The summed E-state index contributed by atoms with van der Waals surface area (Å²) in [6, 6.07) is 2.19. The monoisotopic (exact) mass is 313 g/mol. The van der Waals surface area contributed by atoms with Gasteiger partial charge in [0.15, 0.2) is 0 Å². The largest absolute Gasteiger partial charge is 0.333 e. The minimum Gasteiger partial charge on any atom is -0.333 e. The van der Waals surface area contributed by atoms with Crippen LogP contribution in [0.2, 0.25) is 0 Å². The zero-order valence-electron chi connectivity index (χ0n) is 10.8. The number of carbonyl (C=O) groups excluding carboxylic acids is 1. The van der Waals surface area contributed by atoms with Crippen molar-refractivity contribution in [2.24, 2.45) is 7.05 Å². The molecule has 1 aliphatic rings. The van der Waals surface area contributed by atoms with Crippen LogP contribution in [0.15, 0.2) is 12.3 Å². The van der Waals surface area contributed by atoms with Crippen LogP contribution in [-0.2, 0) is 7.05 Å². The Labute approximate surface area is 116 Å². The number of aromatic nitrogens is 2. The Kier molecular flexibility index (Phi) is 4.80. The average molecular weight is 314 g/mol. The fourth-order valence-corrected chi connectivity index (χ4v) is 2.99. The number of hydrogen-bond acceptors (Lipinski definition) is 2. The Morgan fingerprint density at radius 3 is 2.78 bits per heavy atom. The van der Waals surface area contributed by atoms with Gasteiger partial charge in [0.25, 0.3) is 5.91 Å². The van der Waals surface area contributed by atoms with E-state index in [0.29, 0.717) is 11.7 Å². The molecular formula is C13H20BrN3O. The topological polar surface area (TPSA) is 38.1 Å². The van der Waals surface area contributed by atoms with Gasteiger partial charge in [-0.3, -0.25) is 9.48 Å². The van der Waals surface area contributed by atoms with Gasteiger partial charge in [-0.1, -0.05) is 35.2 Å². The molecule has 18 heavy (non-hydrogen) atoms. The first-order valence-corrected chi connectivity index (χ1v) is 7.71. The van der Waals surface area contributed by atoms with Gasteiger partial charge in [0, 0.05) is 31.2 Å². The summed E-state index contributed by atoms with van der Waals surface area (Å²) < 4.78 is 1.68. The van der Waals surface area contributed by atoms with Crippen LogP contribution in [0.4, 0.5) is 0 Å². The highest BCUT2D eigenvalue weighted by molar-refractivity contribution is 9.09. The van der Waals surface area contributed by atoms with Gasteiger partial charge in [-0.05, 0) is 18.9 Å². The number of carbonyl (C=O) groups is 1. The van der Waals surface area contributed by atoms with Gasteiger partial charge in [0.2, 0.25) is 0 Å². The van der Waals surface area contributed by atoms with E-state index < -0.39 is 0 Å². The van der Waals surface area contributed by atoms with E-state index in [1.54, 1.807) is 10.7 Å². The quantitative estimate of drug-likeness (QED) is 0.801. The Hall–Kier alpha value is -0.840. The van der Waals surface area contributed by atoms with Crippen molar-refractivity contribution in [3.8, 4) is 0 Å². The molecule has 0 radical (unpaired) electrons. The van der Waals surface area contributed by atoms with Gasteiger partial charge in [-0.15, -0.1) is 0 Å². The van der Waals surface area contributed by atoms with E-state index in [-0.39, 0.29) is 5.91 Å². The van der Waals surface area contributed by atoms with Gasteiger partial charge in [-0.2, -0.15) is 5.10 Å². The highest BCUT2D eigenvalue weighted by Crippen LogP contribution is 2.23. The lowest BCUT2D eigenvalue weighted by Crippen LogP contribution is -2.42. The molecule has 1 aromatic heterocycles. The Morgan fingerprint density at radius 1 is 1.50 bits per heavy atom. The SMILES string of the molecule is Cn1ccc(C(=O)N(CCBr)C2CCCCC2)n1. The van der Waals surface area contributed by atoms with Crippen molar-refractivity contribution in [3.63, 3.8) is 0 Å². The minimum absolute atomic E-state index is 0.0713. The van der Waals surface area contributed by atoms with E-state index in [1.807, 2.05) is 18.1 Å². The summed E-state index contributed by atoms with van der Waals surface area (Å²) in [5, 5.41) is 5.04. The molecule has 0 spiro atoms. The highest BCUT2D eigenvalue weighted by Gasteiger charge is 2.26. The molecule has 1 fully saturated rings. The molecule has 100 valence electrons. The van der Waals surface area contributed by atoms with Crippen molar-refractivity contribution in [1.29, 1.82) is 0 Å². The van der Waals surface area contributed by atoms with Gasteiger partial charge < -0.3 is 4.90 Å². The van der Waals surface area contributed by atoms with Gasteiger partial charge in [0.1, 0.15) is 5.69 Å². The zero-order valence-corrected chi connectivity index (χ0v) is 12.4. The maximum Gasteiger partial charge on any atom is 0.274 e. The van der Waals surface area contributed by atoms with Gasteiger partial charge in [0.05, 0.1) is 0 Å². The molecule has 5 heteroatoms. The lowest BCUT2D eigenvalue weighted by atomic mass is 9.94. The van der Waals surface area contributed by atoms with Crippen LogP contribution in [0.25, 0.3) is 0 Å². The van der Waals surface area contributed by atoms with E-state index in [9.17, 15) is 4.79 Å². The molecule has 4 nitrogen and oxygen atoms in total. The molecule has 1 saturated carbocycles. The molecule has 1 aliphatic carbocycles. The van der Waals surface area contributed by atoms with Gasteiger partial charge in [-0.25, -0.2) is 0 Å². The van der Waals surface area contributed by atoms with Crippen LogP contribution in [0.3, 0.4) is 0 Å².